The Morgan fingerprint density at radius 2 is 2.05 bits per heavy atom. The van der Waals surface area contributed by atoms with Crippen LogP contribution in [0.3, 0.4) is 0 Å². The van der Waals surface area contributed by atoms with Crippen LogP contribution in [0.5, 0.6) is 0 Å². The standard InChI is InChI=1S/C11H17N5O4/c1-8(2)11(18)13-4-3-12-10(17)7-15-6-9(5-14-15)16(19)20/h5-6,8H,3-4,7H2,1-2H3,(H,12,17)(H,13,18). The largest absolute Gasteiger partial charge is 0.354 e. The lowest BCUT2D eigenvalue weighted by Crippen LogP contribution is -2.37. The van der Waals surface area contributed by atoms with Gasteiger partial charge in [-0.2, -0.15) is 5.10 Å². The molecule has 9 nitrogen and oxygen atoms in total. The molecule has 0 aliphatic rings. The maximum Gasteiger partial charge on any atom is 0.307 e. The molecule has 0 bridgehead atoms. The van der Waals surface area contributed by atoms with Crippen molar-refractivity contribution in [2.75, 3.05) is 13.1 Å². The van der Waals surface area contributed by atoms with Gasteiger partial charge in [0.2, 0.25) is 11.8 Å². The Balaban J connectivity index is 2.26. The van der Waals surface area contributed by atoms with Crippen LogP contribution < -0.4 is 10.6 Å². The van der Waals surface area contributed by atoms with E-state index in [4.69, 9.17) is 0 Å². The van der Waals surface area contributed by atoms with E-state index >= 15 is 0 Å². The van der Waals surface area contributed by atoms with Gasteiger partial charge < -0.3 is 10.6 Å². The lowest BCUT2D eigenvalue weighted by Gasteiger charge is -2.08. The summed E-state index contributed by atoms with van der Waals surface area (Å²) < 4.78 is 1.18. The molecule has 2 N–H and O–H groups in total. The minimum absolute atomic E-state index is 0.0815. The second-order valence-electron chi connectivity index (χ2n) is 4.45. The molecular weight excluding hydrogens is 266 g/mol. The second-order valence-corrected chi connectivity index (χ2v) is 4.45. The minimum Gasteiger partial charge on any atom is -0.354 e. The third kappa shape index (κ3) is 5.04. The quantitative estimate of drug-likeness (QED) is 0.404. The molecule has 0 aliphatic heterocycles. The smallest absolute Gasteiger partial charge is 0.307 e. The highest BCUT2D eigenvalue weighted by Gasteiger charge is 2.11. The SMILES string of the molecule is CC(C)C(=O)NCCNC(=O)Cn1cc([N+](=O)[O-])cn1. The average molecular weight is 283 g/mol. The lowest BCUT2D eigenvalue weighted by atomic mass is 10.2. The molecule has 0 aliphatic carbocycles. The van der Waals surface area contributed by atoms with Crippen LogP contribution in [0.4, 0.5) is 5.69 Å². The number of nitro groups is 1. The normalized spacial score (nSPS) is 10.3. The van der Waals surface area contributed by atoms with E-state index in [1.165, 1.54) is 10.9 Å². The predicted octanol–water partition coefficient (Wildman–Crippen LogP) is -0.320. The number of nitrogens with zero attached hydrogens (tertiary/aromatic N) is 3. The van der Waals surface area contributed by atoms with Gasteiger partial charge in [0.1, 0.15) is 18.9 Å². The van der Waals surface area contributed by atoms with Gasteiger partial charge in [0.25, 0.3) is 0 Å². The molecule has 20 heavy (non-hydrogen) atoms. The predicted molar refractivity (Wildman–Crippen MR) is 69.7 cm³/mol. The van der Waals surface area contributed by atoms with Crippen LogP contribution in [0.25, 0.3) is 0 Å². The Morgan fingerprint density at radius 3 is 2.60 bits per heavy atom. The lowest BCUT2D eigenvalue weighted by molar-refractivity contribution is -0.385. The highest BCUT2D eigenvalue weighted by atomic mass is 16.6. The van der Waals surface area contributed by atoms with Crippen molar-refractivity contribution in [2.45, 2.75) is 20.4 Å². The monoisotopic (exact) mass is 283 g/mol. The van der Waals surface area contributed by atoms with E-state index in [1.807, 2.05) is 0 Å². The first-order valence-corrected chi connectivity index (χ1v) is 6.11. The van der Waals surface area contributed by atoms with Crippen LogP contribution in [0, 0.1) is 16.0 Å². The number of hydrogen-bond donors (Lipinski definition) is 2. The summed E-state index contributed by atoms with van der Waals surface area (Å²) in [6.45, 7) is 4.08. The van der Waals surface area contributed by atoms with Gasteiger partial charge in [-0.25, -0.2) is 0 Å². The third-order valence-electron chi connectivity index (χ3n) is 2.41. The summed E-state index contributed by atoms with van der Waals surface area (Å²) in [7, 11) is 0. The van der Waals surface area contributed by atoms with E-state index in [9.17, 15) is 19.7 Å². The molecule has 1 aromatic rings. The zero-order chi connectivity index (χ0) is 15.1. The molecule has 0 saturated carbocycles. The summed E-state index contributed by atoms with van der Waals surface area (Å²) in [5.74, 6) is -0.515. The van der Waals surface area contributed by atoms with Crippen LogP contribution >= 0.6 is 0 Å². The maximum absolute atomic E-state index is 11.5. The highest BCUT2D eigenvalue weighted by molar-refractivity contribution is 5.78. The summed E-state index contributed by atoms with van der Waals surface area (Å²) in [6, 6.07) is 0. The zero-order valence-electron chi connectivity index (χ0n) is 11.3. The number of rotatable bonds is 7. The average Bonchev–Trinajstić information content (AvgIpc) is 2.82. The van der Waals surface area contributed by atoms with Crippen molar-refractivity contribution in [3.05, 3.63) is 22.5 Å². The number of aromatic nitrogens is 2. The molecule has 0 aromatic carbocycles. The molecule has 1 rings (SSSR count). The summed E-state index contributed by atoms with van der Waals surface area (Å²) in [5, 5.41) is 19.4. The molecule has 0 saturated heterocycles. The molecular formula is C11H17N5O4. The first-order chi connectivity index (χ1) is 9.40. The van der Waals surface area contributed by atoms with Crippen molar-refractivity contribution in [2.24, 2.45) is 5.92 Å². The molecule has 1 aromatic heterocycles. The van der Waals surface area contributed by atoms with E-state index in [0.717, 1.165) is 6.20 Å². The number of hydrogen-bond acceptors (Lipinski definition) is 5. The molecule has 110 valence electrons. The van der Waals surface area contributed by atoms with Crippen LogP contribution in [-0.2, 0) is 16.1 Å². The minimum atomic E-state index is -0.581. The van der Waals surface area contributed by atoms with Gasteiger partial charge in [-0.1, -0.05) is 13.8 Å². The van der Waals surface area contributed by atoms with Crippen molar-refractivity contribution in [1.29, 1.82) is 0 Å². The molecule has 0 atom stereocenters. The Hall–Kier alpha value is -2.45. The summed E-state index contributed by atoms with van der Waals surface area (Å²) >= 11 is 0. The van der Waals surface area contributed by atoms with Crippen LogP contribution in [-0.4, -0.2) is 39.6 Å². The Morgan fingerprint density at radius 1 is 1.40 bits per heavy atom. The Labute approximate surface area is 115 Å². The number of nitrogens with one attached hydrogen (secondary N) is 2. The molecule has 0 fully saturated rings. The first kappa shape index (κ1) is 15.6. The van der Waals surface area contributed by atoms with Crippen molar-refractivity contribution in [3.8, 4) is 0 Å². The molecule has 0 spiro atoms. The fourth-order valence-corrected chi connectivity index (χ4v) is 1.33. The van der Waals surface area contributed by atoms with Gasteiger partial charge in [-0.3, -0.25) is 24.4 Å². The van der Waals surface area contributed by atoms with Crippen molar-refractivity contribution in [1.82, 2.24) is 20.4 Å². The van der Waals surface area contributed by atoms with E-state index in [1.54, 1.807) is 13.8 Å². The Kier molecular flexibility index (Phi) is 5.63. The fraction of sp³-hybridized carbons (Fsp3) is 0.545. The van der Waals surface area contributed by atoms with E-state index < -0.39 is 4.92 Å². The topological polar surface area (TPSA) is 119 Å². The fourth-order valence-electron chi connectivity index (χ4n) is 1.33. The molecule has 0 unspecified atom stereocenters. The van der Waals surface area contributed by atoms with Crippen LogP contribution in [0.15, 0.2) is 12.4 Å². The van der Waals surface area contributed by atoms with Gasteiger partial charge in [0.05, 0.1) is 4.92 Å². The van der Waals surface area contributed by atoms with E-state index in [2.05, 4.69) is 15.7 Å². The molecule has 1 heterocycles. The summed E-state index contributed by atoms with van der Waals surface area (Å²) in [4.78, 5) is 32.6. The van der Waals surface area contributed by atoms with Crippen LogP contribution in [0.1, 0.15) is 13.8 Å². The third-order valence-corrected chi connectivity index (χ3v) is 2.41. The maximum atomic E-state index is 11.5. The molecule has 0 radical (unpaired) electrons. The van der Waals surface area contributed by atoms with Gasteiger partial charge in [-0.05, 0) is 0 Å². The number of carbonyl (C=O) groups excluding carboxylic acids is 2. The second kappa shape index (κ2) is 7.22. The van der Waals surface area contributed by atoms with E-state index in [0.29, 0.717) is 13.1 Å². The summed E-state index contributed by atoms with van der Waals surface area (Å²) in [6.07, 6.45) is 2.26. The van der Waals surface area contributed by atoms with Crippen molar-refractivity contribution < 1.29 is 14.5 Å². The highest BCUT2D eigenvalue weighted by Crippen LogP contribution is 2.07. The van der Waals surface area contributed by atoms with Crippen molar-refractivity contribution in [3.63, 3.8) is 0 Å². The number of carbonyl (C=O) groups is 2. The summed E-state index contributed by atoms with van der Waals surface area (Å²) in [5.41, 5.74) is -0.165. The number of amides is 2. The van der Waals surface area contributed by atoms with Gasteiger partial charge in [0.15, 0.2) is 0 Å². The van der Waals surface area contributed by atoms with Crippen LogP contribution in [0.2, 0.25) is 0 Å². The zero-order valence-corrected chi connectivity index (χ0v) is 11.3. The van der Waals surface area contributed by atoms with Gasteiger partial charge >= 0.3 is 5.69 Å². The van der Waals surface area contributed by atoms with Gasteiger partial charge in [0, 0.05) is 19.0 Å². The molecule has 2 amide bonds. The Bertz CT molecular complexity index is 497. The van der Waals surface area contributed by atoms with Crippen molar-refractivity contribution >= 4 is 17.5 Å². The first-order valence-electron chi connectivity index (χ1n) is 6.11. The van der Waals surface area contributed by atoms with Gasteiger partial charge in [-0.15, -0.1) is 0 Å². The molecule has 9 heteroatoms. The van der Waals surface area contributed by atoms with E-state index in [-0.39, 0.29) is 30.0 Å².